The number of nitrogens with two attached hydrogens (primary N) is 4. The van der Waals surface area contributed by atoms with Gasteiger partial charge in [0.05, 0.1) is 120 Å². The molecule has 6 heterocycles. The van der Waals surface area contributed by atoms with E-state index in [2.05, 4.69) is 125 Å². The van der Waals surface area contributed by atoms with Gasteiger partial charge in [-0.15, -0.1) is 0 Å². The van der Waals surface area contributed by atoms with Crippen molar-refractivity contribution in [2.24, 2.45) is 0 Å². The van der Waals surface area contributed by atoms with Crippen LogP contribution in [0.1, 0.15) is 206 Å². The maximum Gasteiger partial charge on any atom is 0.406 e. The normalized spacial score (nSPS) is 14.6. The molecular weight excluding hydrogens is 2040 g/mol. The number of aliphatic hydroxyl groups is 1. The number of aromatic nitrogens is 8. The van der Waals surface area contributed by atoms with E-state index in [0.29, 0.717) is 103 Å². The fourth-order valence-electron chi connectivity index (χ4n) is 16.3. The topological polar surface area (TPSA) is 473 Å². The van der Waals surface area contributed by atoms with Crippen molar-refractivity contribution in [3.63, 3.8) is 0 Å². The summed E-state index contributed by atoms with van der Waals surface area (Å²) in [5.41, 5.74) is 33.4. The molecule has 2 saturated heterocycles. The summed E-state index contributed by atoms with van der Waals surface area (Å²) >= 11 is 12.6. The van der Waals surface area contributed by atoms with Crippen molar-refractivity contribution >= 4 is 124 Å². The monoisotopic (exact) mass is 2140 g/mol. The second kappa shape index (κ2) is 50.2. The lowest BCUT2D eigenvalue weighted by Crippen LogP contribution is -2.38. The first-order valence-electron chi connectivity index (χ1n) is 45.8. The highest BCUT2D eigenvalue weighted by Crippen LogP contribution is 2.38. The van der Waals surface area contributed by atoms with Crippen LogP contribution in [-0.2, 0) is 28.8 Å². The molecule has 0 radical (unpaired) electrons. The molecule has 16 rings (SSSR count). The molecule has 4 aliphatic rings. The standard InChI is InChI=1S/C26H26BrF2N5O4.C26H27BrFN5O4.C26H26F2N4O3S.C25H24ClFN4O2/c1-37-26(36)32-13-22(16-8-17(27)11-18(28)9-16)34-25(35)19-3-2-15(10-20(19)29)23-24(30)31-12-21(33-23)14-4-6-38-7-5-14;1-36-26(35)31-14-22(16-3-2-4-18(27)11-16)33-25(34)19-6-5-17(12-20(19)28)23-24(29)30-13-21(32-23)15-7-9-37-10-8-15;1-15(18-10-19(27)13-20(11-18)36(2,34)35)31-26(33)21-9-8-17(12-22(21)28)24-25(29)30-14-23(32-24)16-6-4-3-5-7-16;26-18-8-4-7-16(11-18)22(14-32)31-25(33)19-10-9-17(12-20(19)27)23-24(28)29-13-21(30-23)15-5-2-1-3-6-15/h2-3,8-12,14,22H,4-7,13H2,1H3,(H2,30,31)(H,32,36)(H,34,35);2-6,11-13,15,22H,7-10,14H2,1H3,(H2,29,30)(H,31,35)(H,33,34);6,8-15H,3-5,7H2,1-2H3,(H2,29,30)(H,31,33);4-5,7-13,22,32H,1-3,6,14H2,(H2,28,29)(H,31,33)/t2*22-;15-;22-/m1111/s1. The van der Waals surface area contributed by atoms with Crippen molar-refractivity contribution in [3.8, 4) is 45.0 Å². The third-order valence-electron chi connectivity index (χ3n) is 24.0. The van der Waals surface area contributed by atoms with Crippen LogP contribution in [-0.4, -0.2) is 156 Å². The van der Waals surface area contributed by atoms with E-state index in [0.717, 1.165) is 128 Å². The van der Waals surface area contributed by atoms with E-state index < -0.39 is 105 Å². The third-order valence-corrected chi connectivity index (χ3v) is 26.3. The van der Waals surface area contributed by atoms with Crippen molar-refractivity contribution in [1.29, 1.82) is 0 Å². The molecule has 4 aromatic heterocycles. The zero-order valence-electron chi connectivity index (χ0n) is 78.4. The molecule has 4 atom stereocenters. The number of carbonyl (C=O) groups is 6. The summed E-state index contributed by atoms with van der Waals surface area (Å²) in [6.45, 7) is 3.67. The molecule has 2 aliphatic heterocycles. The number of sulfone groups is 1. The number of rotatable bonds is 26. The zero-order chi connectivity index (χ0) is 103. The van der Waals surface area contributed by atoms with Crippen molar-refractivity contribution in [2.75, 3.05) is 89.5 Å². The summed E-state index contributed by atoms with van der Waals surface area (Å²) in [6.07, 6.45) is 21.9. The van der Waals surface area contributed by atoms with E-state index in [4.69, 9.17) is 44.0 Å². The average molecular weight is 2140 g/mol. The third kappa shape index (κ3) is 28.7. The van der Waals surface area contributed by atoms with Gasteiger partial charge in [0.2, 0.25) is 0 Å². The Labute approximate surface area is 847 Å². The Balaban J connectivity index is 0.000000161. The second-order valence-corrected chi connectivity index (χ2v) is 38.3. The second-order valence-electron chi connectivity index (χ2n) is 34.0. The highest BCUT2D eigenvalue weighted by Gasteiger charge is 2.30. The maximum atomic E-state index is 15.2. The van der Waals surface area contributed by atoms with Gasteiger partial charge in [-0.05, 0) is 227 Å². The highest BCUT2D eigenvalue weighted by molar-refractivity contribution is 9.10. The number of carbonyl (C=O) groups excluding carboxylic acids is 6. The van der Waals surface area contributed by atoms with Crippen LogP contribution < -0.4 is 54.8 Å². The summed E-state index contributed by atoms with van der Waals surface area (Å²) in [7, 11) is -1.22. The smallest absolute Gasteiger partial charge is 0.406 e. The van der Waals surface area contributed by atoms with Crippen LogP contribution in [0.3, 0.4) is 0 Å². The lowest BCUT2D eigenvalue weighted by molar-refractivity contribution is 0.0843. The molecule has 12 aromatic rings. The number of hydrogen-bond acceptors (Lipinski definition) is 25. The molecule has 41 heteroatoms. The van der Waals surface area contributed by atoms with Gasteiger partial charge in [0.25, 0.3) is 23.6 Å². The molecule has 144 heavy (non-hydrogen) atoms. The van der Waals surface area contributed by atoms with Crippen LogP contribution in [0.5, 0.6) is 0 Å². The minimum absolute atomic E-state index is 0.0414. The predicted octanol–water partition coefficient (Wildman–Crippen LogP) is 18.6. The summed E-state index contributed by atoms with van der Waals surface area (Å²) in [6, 6.07) is 34.7. The number of allylic oxidation sites excluding steroid dienone is 4. The fourth-order valence-corrected chi connectivity index (χ4v) is 18.1. The number of amides is 6. The van der Waals surface area contributed by atoms with E-state index >= 15 is 13.2 Å². The van der Waals surface area contributed by atoms with Crippen molar-refractivity contribution < 1.29 is 87.6 Å². The van der Waals surface area contributed by atoms with E-state index in [1.807, 2.05) is 6.07 Å². The number of halogens is 9. The first-order valence-corrected chi connectivity index (χ1v) is 49.6. The molecule has 0 saturated carbocycles. The van der Waals surface area contributed by atoms with Crippen LogP contribution in [0.2, 0.25) is 5.02 Å². The Morgan fingerprint density at radius 3 is 1.23 bits per heavy atom. The molecule has 0 bridgehead atoms. The van der Waals surface area contributed by atoms with Crippen LogP contribution >= 0.6 is 43.5 Å². The van der Waals surface area contributed by atoms with Gasteiger partial charge in [-0.2, -0.15) is 0 Å². The molecule has 752 valence electrons. The number of alkyl carbamates (subject to hydrolysis) is 2. The van der Waals surface area contributed by atoms with Crippen LogP contribution in [0.25, 0.3) is 56.2 Å². The number of anilines is 4. The molecule has 15 N–H and O–H groups in total. The number of benzene rings is 8. The number of nitrogens with one attached hydrogen (secondary N) is 6. The molecule has 8 aromatic carbocycles. The molecule has 31 nitrogen and oxygen atoms in total. The van der Waals surface area contributed by atoms with E-state index in [-0.39, 0.29) is 87.5 Å². The minimum atomic E-state index is -3.65. The van der Waals surface area contributed by atoms with Crippen LogP contribution in [0.15, 0.2) is 209 Å². The number of aliphatic hydroxyl groups excluding tert-OH is 1. The Morgan fingerprint density at radius 1 is 0.458 bits per heavy atom. The van der Waals surface area contributed by atoms with Crippen molar-refractivity contribution in [3.05, 3.63) is 311 Å². The number of hydrogen-bond donors (Lipinski definition) is 11. The summed E-state index contributed by atoms with van der Waals surface area (Å²) in [4.78, 5) is 110. The average Bonchev–Trinajstić information content (AvgIpc) is 0.810. The lowest BCUT2D eigenvalue weighted by Gasteiger charge is -2.22. The number of ether oxygens (including phenoxy) is 4. The van der Waals surface area contributed by atoms with Gasteiger partial charge in [0, 0.05) is 93.8 Å². The summed E-state index contributed by atoms with van der Waals surface area (Å²) in [5.74, 6) is -6.15. The molecule has 2 fully saturated rings. The largest absolute Gasteiger partial charge is 0.453 e. The predicted molar refractivity (Wildman–Crippen MR) is 539 cm³/mol. The Hall–Kier alpha value is -14.2. The SMILES string of the molecule is COC(=O)NC[C@@H](NC(=O)c1ccc(-c2nc(C3CCOCC3)cnc2N)cc1F)c1cc(F)cc(Br)c1.COC(=O)NC[C@@H](NC(=O)c1ccc(-c2nc(C3CCOCC3)cnc2N)cc1F)c1cccc(Br)c1.C[C@@H](NC(=O)c1ccc(-c2nc(C3=CCCCC3)cnc2N)cc1F)c1cc(F)cc(S(C)(=O)=O)c1.Nc1ncc(C2=CCCCC2)nc1-c1ccc(C(=O)N[C@H](CO)c2cccc(Cl)c2)c(F)c1. The molecule has 0 unspecified atom stereocenters. The van der Waals surface area contributed by atoms with Gasteiger partial charge < -0.3 is 78.9 Å². The van der Waals surface area contributed by atoms with Gasteiger partial charge in [-0.25, -0.2) is 84.2 Å². The Morgan fingerprint density at radius 2 is 0.840 bits per heavy atom. The van der Waals surface area contributed by atoms with Crippen molar-refractivity contribution in [1.82, 2.24) is 71.8 Å². The molecule has 2 aliphatic carbocycles. The van der Waals surface area contributed by atoms with Crippen molar-refractivity contribution in [2.45, 2.75) is 125 Å². The first-order chi connectivity index (χ1) is 69.1. The van der Waals surface area contributed by atoms with Gasteiger partial charge in [-0.1, -0.05) is 104 Å². The lowest BCUT2D eigenvalue weighted by atomic mass is 9.96. The maximum absolute atomic E-state index is 15.2. The van der Waals surface area contributed by atoms with E-state index in [9.17, 15) is 55.5 Å². The number of nitrogens with zero attached hydrogens (tertiary/aromatic N) is 8. The van der Waals surface area contributed by atoms with Gasteiger partial charge in [0.1, 0.15) is 81.0 Å². The van der Waals surface area contributed by atoms with E-state index in [1.54, 1.807) is 92.4 Å². The molecule has 6 amide bonds. The van der Waals surface area contributed by atoms with Gasteiger partial charge in [-0.3, -0.25) is 19.2 Å². The van der Waals surface area contributed by atoms with Crippen LogP contribution in [0.4, 0.5) is 59.2 Å². The Kier molecular flexibility index (Phi) is 37.3. The fraction of sp³-hybridized carbons (Fsp3) is 0.282. The summed E-state index contributed by atoms with van der Waals surface area (Å²) < 4.78 is 133. The number of nitrogen functional groups attached to an aromatic ring is 4. The van der Waals surface area contributed by atoms with E-state index in [1.165, 1.54) is 93.1 Å². The Bertz CT molecular complexity index is 6910. The van der Waals surface area contributed by atoms with Gasteiger partial charge in [0.15, 0.2) is 9.84 Å². The van der Waals surface area contributed by atoms with Gasteiger partial charge >= 0.3 is 12.2 Å². The minimum Gasteiger partial charge on any atom is -0.453 e. The molecule has 0 spiro atoms. The first kappa shape index (κ1) is 107. The summed E-state index contributed by atoms with van der Waals surface area (Å²) in [5, 5.41) is 25.9. The zero-order valence-corrected chi connectivity index (χ0v) is 83.2. The quantitative estimate of drug-likeness (QED) is 0.0224. The molecular formula is C103H103Br2ClF6N18O13S. The van der Waals surface area contributed by atoms with Crippen LogP contribution in [0, 0.1) is 34.9 Å². The number of methoxy groups -OCH3 is 2. The highest BCUT2D eigenvalue weighted by atomic mass is 79.9.